The van der Waals surface area contributed by atoms with Crippen LogP contribution in [0.2, 0.25) is 0 Å². The number of benzene rings is 1. The molecule has 0 aliphatic carbocycles. The number of rotatable bonds is 4. The van der Waals surface area contributed by atoms with Gasteiger partial charge >= 0.3 is 6.03 Å². The predicted molar refractivity (Wildman–Crippen MR) is 91.2 cm³/mol. The standard InChI is InChI=1S/C19H26N2O2/c1-19(2)17(16-8-4-3-5-9-16)21(18(22)20-19)12-6-7-15-10-13-23-14-11-15/h3-9,15,17H,10-14H2,1-2H3,(H,20,22)/b7-6+. The lowest BCUT2D eigenvalue weighted by Crippen LogP contribution is -2.38. The summed E-state index contributed by atoms with van der Waals surface area (Å²) < 4.78 is 5.39. The Hall–Kier alpha value is -1.81. The van der Waals surface area contributed by atoms with Gasteiger partial charge in [0.15, 0.2) is 0 Å². The van der Waals surface area contributed by atoms with Gasteiger partial charge in [-0.2, -0.15) is 0 Å². The van der Waals surface area contributed by atoms with E-state index >= 15 is 0 Å². The number of ether oxygens (including phenoxy) is 1. The molecule has 2 saturated heterocycles. The fourth-order valence-electron chi connectivity index (χ4n) is 3.62. The van der Waals surface area contributed by atoms with Crippen LogP contribution in [0, 0.1) is 5.92 Å². The molecule has 2 amide bonds. The first-order valence-electron chi connectivity index (χ1n) is 8.46. The summed E-state index contributed by atoms with van der Waals surface area (Å²) in [6.45, 7) is 6.51. The fraction of sp³-hybridized carbons (Fsp3) is 0.526. The van der Waals surface area contributed by atoms with Crippen molar-refractivity contribution in [3.63, 3.8) is 0 Å². The molecule has 1 N–H and O–H groups in total. The van der Waals surface area contributed by atoms with Crippen molar-refractivity contribution in [3.05, 3.63) is 48.0 Å². The van der Waals surface area contributed by atoms with Crippen LogP contribution in [-0.4, -0.2) is 36.2 Å². The molecule has 1 atom stereocenters. The molecule has 3 rings (SSSR count). The van der Waals surface area contributed by atoms with Gasteiger partial charge in [0.1, 0.15) is 0 Å². The van der Waals surface area contributed by atoms with Crippen molar-refractivity contribution in [2.45, 2.75) is 38.3 Å². The van der Waals surface area contributed by atoms with Gasteiger partial charge in [0, 0.05) is 19.8 Å². The number of carbonyl (C=O) groups excluding carboxylic acids is 1. The van der Waals surface area contributed by atoms with Gasteiger partial charge in [0.25, 0.3) is 0 Å². The Balaban J connectivity index is 1.73. The lowest BCUT2D eigenvalue weighted by Gasteiger charge is -2.31. The summed E-state index contributed by atoms with van der Waals surface area (Å²) in [4.78, 5) is 14.4. The number of hydrogen-bond acceptors (Lipinski definition) is 2. The molecule has 2 aliphatic rings. The summed E-state index contributed by atoms with van der Waals surface area (Å²) in [5, 5.41) is 3.11. The van der Waals surface area contributed by atoms with Gasteiger partial charge in [-0.05, 0) is 38.2 Å². The number of carbonyl (C=O) groups is 1. The van der Waals surface area contributed by atoms with E-state index in [1.54, 1.807) is 0 Å². The monoisotopic (exact) mass is 314 g/mol. The Labute approximate surface area is 138 Å². The van der Waals surface area contributed by atoms with Crippen LogP contribution in [0.1, 0.15) is 38.3 Å². The highest BCUT2D eigenvalue weighted by atomic mass is 16.5. The quantitative estimate of drug-likeness (QED) is 0.864. The van der Waals surface area contributed by atoms with Crippen LogP contribution in [0.4, 0.5) is 4.79 Å². The van der Waals surface area contributed by atoms with E-state index < -0.39 is 0 Å². The van der Waals surface area contributed by atoms with Crippen LogP contribution in [0.5, 0.6) is 0 Å². The second-order valence-electron chi connectivity index (χ2n) is 7.00. The van der Waals surface area contributed by atoms with Crippen LogP contribution >= 0.6 is 0 Å². The van der Waals surface area contributed by atoms with Gasteiger partial charge in [0.2, 0.25) is 0 Å². The Bertz CT molecular complexity index is 562. The minimum Gasteiger partial charge on any atom is -0.381 e. The van der Waals surface area contributed by atoms with Gasteiger partial charge in [-0.25, -0.2) is 4.79 Å². The maximum absolute atomic E-state index is 12.4. The maximum atomic E-state index is 12.4. The molecule has 1 aromatic rings. The smallest absolute Gasteiger partial charge is 0.318 e. The Kier molecular flexibility index (Phi) is 4.71. The predicted octanol–water partition coefficient (Wildman–Crippen LogP) is 3.51. The van der Waals surface area contributed by atoms with Crippen LogP contribution < -0.4 is 5.32 Å². The molecule has 4 nitrogen and oxygen atoms in total. The molecule has 124 valence electrons. The molecule has 0 saturated carbocycles. The third-order valence-electron chi connectivity index (χ3n) is 4.78. The van der Waals surface area contributed by atoms with Crippen LogP contribution in [-0.2, 0) is 4.74 Å². The molecule has 2 aliphatic heterocycles. The number of nitrogens with one attached hydrogen (secondary N) is 1. The largest absolute Gasteiger partial charge is 0.381 e. The molecule has 0 bridgehead atoms. The second kappa shape index (κ2) is 6.75. The number of amides is 2. The average Bonchev–Trinajstić information content (AvgIpc) is 2.78. The summed E-state index contributed by atoms with van der Waals surface area (Å²) in [5.41, 5.74) is 0.903. The molecule has 0 spiro atoms. The molecule has 0 aromatic heterocycles. The van der Waals surface area contributed by atoms with Gasteiger partial charge < -0.3 is 15.0 Å². The number of allylic oxidation sites excluding steroid dienone is 1. The summed E-state index contributed by atoms with van der Waals surface area (Å²) in [7, 11) is 0. The fourth-order valence-corrected chi connectivity index (χ4v) is 3.62. The number of hydrogen-bond donors (Lipinski definition) is 1. The molecular weight excluding hydrogens is 288 g/mol. The van der Waals surface area contributed by atoms with Crippen LogP contribution in [0.15, 0.2) is 42.5 Å². The molecule has 1 unspecified atom stereocenters. The summed E-state index contributed by atoms with van der Waals surface area (Å²) in [6.07, 6.45) is 6.56. The average molecular weight is 314 g/mol. The minimum atomic E-state index is -0.273. The summed E-state index contributed by atoms with van der Waals surface area (Å²) >= 11 is 0. The van der Waals surface area contributed by atoms with Crippen molar-refractivity contribution in [3.8, 4) is 0 Å². The minimum absolute atomic E-state index is 0.0143. The van der Waals surface area contributed by atoms with Crippen LogP contribution in [0.3, 0.4) is 0 Å². The third-order valence-corrected chi connectivity index (χ3v) is 4.78. The van der Waals surface area contributed by atoms with E-state index in [4.69, 9.17) is 4.74 Å². The normalized spacial score (nSPS) is 25.0. The van der Waals surface area contributed by atoms with Crippen molar-refractivity contribution in [1.29, 1.82) is 0 Å². The molecular formula is C19H26N2O2. The van der Waals surface area contributed by atoms with E-state index in [1.165, 1.54) is 5.56 Å². The van der Waals surface area contributed by atoms with Gasteiger partial charge in [0.05, 0.1) is 11.6 Å². The SMILES string of the molecule is CC1(C)NC(=O)N(C/C=C/C2CCOCC2)C1c1ccccc1. The Morgan fingerprint density at radius 1 is 1.26 bits per heavy atom. The van der Waals surface area contributed by atoms with E-state index in [0.717, 1.165) is 26.1 Å². The molecule has 2 fully saturated rings. The van der Waals surface area contributed by atoms with Gasteiger partial charge in [-0.1, -0.05) is 42.5 Å². The zero-order valence-electron chi connectivity index (χ0n) is 14.0. The first-order chi connectivity index (χ1) is 11.1. The topological polar surface area (TPSA) is 41.6 Å². The number of nitrogens with zero attached hydrogens (tertiary/aromatic N) is 1. The van der Waals surface area contributed by atoms with Crippen molar-refractivity contribution in [2.75, 3.05) is 19.8 Å². The van der Waals surface area contributed by atoms with Gasteiger partial charge in [-0.15, -0.1) is 0 Å². The highest BCUT2D eigenvalue weighted by molar-refractivity contribution is 5.79. The van der Waals surface area contributed by atoms with Crippen molar-refractivity contribution in [1.82, 2.24) is 10.2 Å². The van der Waals surface area contributed by atoms with E-state index in [9.17, 15) is 4.79 Å². The van der Waals surface area contributed by atoms with E-state index in [0.29, 0.717) is 12.5 Å². The zero-order chi connectivity index (χ0) is 16.3. The Morgan fingerprint density at radius 3 is 2.65 bits per heavy atom. The van der Waals surface area contributed by atoms with E-state index in [-0.39, 0.29) is 17.6 Å². The van der Waals surface area contributed by atoms with Crippen molar-refractivity contribution in [2.24, 2.45) is 5.92 Å². The molecule has 1 aromatic carbocycles. The van der Waals surface area contributed by atoms with Gasteiger partial charge in [-0.3, -0.25) is 0 Å². The lowest BCUT2D eigenvalue weighted by molar-refractivity contribution is 0.0784. The maximum Gasteiger partial charge on any atom is 0.318 e. The zero-order valence-corrected chi connectivity index (χ0v) is 14.0. The highest BCUT2D eigenvalue weighted by Gasteiger charge is 2.45. The van der Waals surface area contributed by atoms with Crippen molar-refractivity contribution >= 4 is 6.03 Å². The summed E-state index contributed by atoms with van der Waals surface area (Å²) in [5.74, 6) is 0.581. The lowest BCUT2D eigenvalue weighted by atomic mass is 9.89. The first kappa shape index (κ1) is 16.1. The first-order valence-corrected chi connectivity index (χ1v) is 8.46. The highest BCUT2D eigenvalue weighted by Crippen LogP contribution is 2.36. The second-order valence-corrected chi connectivity index (χ2v) is 7.00. The van der Waals surface area contributed by atoms with Crippen LogP contribution in [0.25, 0.3) is 0 Å². The molecule has 4 heteroatoms. The third kappa shape index (κ3) is 3.58. The summed E-state index contributed by atoms with van der Waals surface area (Å²) in [6, 6.07) is 10.3. The van der Waals surface area contributed by atoms with E-state index in [2.05, 4.69) is 43.4 Å². The molecule has 0 radical (unpaired) electrons. The van der Waals surface area contributed by atoms with Crippen molar-refractivity contribution < 1.29 is 9.53 Å². The van der Waals surface area contributed by atoms with E-state index in [1.807, 2.05) is 23.1 Å². The number of urea groups is 1. The molecule has 2 heterocycles. The Morgan fingerprint density at radius 2 is 1.96 bits per heavy atom. The molecule has 23 heavy (non-hydrogen) atoms.